The van der Waals surface area contributed by atoms with Gasteiger partial charge in [-0.2, -0.15) is 15.6 Å². The molecule has 0 radical (unpaired) electrons. The van der Waals surface area contributed by atoms with E-state index in [0.717, 1.165) is 22.8 Å². The third-order valence-electron chi connectivity index (χ3n) is 7.01. The minimum Gasteiger partial charge on any atom is -0.497 e. The Balaban J connectivity index is 1.34. The number of aliphatic hydroxyl groups is 1. The van der Waals surface area contributed by atoms with Gasteiger partial charge in [0.15, 0.2) is 5.76 Å². The molecule has 2 atom stereocenters. The number of rotatable bonds is 15. The Morgan fingerprint density at radius 2 is 2.05 bits per heavy atom. The molecule has 4 rings (SSSR count). The number of allylic oxidation sites excluding steroid dienone is 1. The predicted octanol–water partition coefficient (Wildman–Crippen LogP) is 2.30. The van der Waals surface area contributed by atoms with Gasteiger partial charge < -0.3 is 29.5 Å². The fourth-order valence-electron chi connectivity index (χ4n) is 4.78. The fraction of sp³-hybridized carbons (Fsp3) is 0.500. The van der Waals surface area contributed by atoms with Crippen molar-refractivity contribution in [3.05, 3.63) is 58.5 Å². The highest BCUT2D eigenvalue weighted by atomic mass is 32.2. The van der Waals surface area contributed by atoms with Crippen LogP contribution in [0.2, 0.25) is 0 Å². The summed E-state index contributed by atoms with van der Waals surface area (Å²) < 4.78 is 44.5. The molecule has 2 aliphatic rings. The lowest BCUT2D eigenvalue weighted by molar-refractivity contribution is -0.146. The van der Waals surface area contributed by atoms with Gasteiger partial charge in [0.25, 0.3) is 5.91 Å². The zero-order chi connectivity index (χ0) is 29.2. The Labute approximate surface area is 244 Å². The highest BCUT2D eigenvalue weighted by Gasteiger charge is 2.30. The summed E-state index contributed by atoms with van der Waals surface area (Å²) in [6, 6.07) is 8.01. The molecule has 3 heterocycles. The molecular formula is C28H37N3O8S2. The lowest BCUT2D eigenvalue weighted by Gasteiger charge is -2.30. The summed E-state index contributed by atoms with van der Waals surface area (Å²) in [6.07, 6.45) is 3.57. The van der Waals surface area contributed by atoms with Gasteiger partial charge in [-0.1, -0.05) is 0 Å². The van der Waals surface area contributed by atoms with Crippen molar-refractivity contribution >= 4 is 33.2 Å². The van der Waals surface area contributed by atoms with Crippen LogP contribution in [0.25, 0.3) is 0 Å². The number of amides is 2. The number of likely N-dealkylation sites (tertiary alicyclic amines) is 1. The summed E-state index contributed by atoms with van der Waals surface area (Å²) in [5, 5.41) is 16.4. The molecule has 1 saturated heterocycles. The first-order chi connectivity index (χ1) is 19.8. The molecule has 0 aliphatic carbocycles. The Hall–Kier alpha value is -2.97. The quantitative estimate of drug-likeness (QED) is 0.295. The molecule has 0 spiro atoms. The molecule has 11 nitrogen and oxygen atoms in total. The first-order valence-electron chi connectivity index (χ1n) is 13.6. The Morgan fingerprint density at radius 1 is 1.24 bits per heavy atom. The van der Waals surface area contributed by atoms with E-state index in [2.05, 4.69) is 5.32 Å². The van der Waals surface area contributed by atoms with Crippen molar-refractivity contribution in [1.82, 2.24) is 14.5 Å². The molecule has 2 aliphatic heterocycles. The van der Waals surface area contributed by atoms with Gasteiger partial charge in [-0.05, 0) is 65.6 Å². The van der Waals surface area contributed by atoms with E-state index >= 15 is 0 Å². The van der Waals surface area contributed by atoms with E-state index in [0.29, 0.717) is 38.1 Å². The molecule has 2 amide bonds. The molecule has 0 bridgehead atoms. The SMILES string of the molecule is COc1ccc(S(=O)(=O)N(CCO)CCO[C@@H]2C[C@H](c3ccsc3)C=C(C(=O)NCCCN3CCCC3=O)O2)cc1. The highest BCUT2D eigenvalue weighted by molar-refractivity contribution is 7.89. The predicted molar refractivity (Wildman–Crippen MR) is 153 cm³/mol. The summed E-state index contributed by atoms with van der Waals surface area (Å²) >= 11 is 1.55. The van der Waals surface area contributed by atoms with Crippen LogP contribution in [0.5, 0.6) is 5.75 Å². The van der Waals surface area contributed by atoms with E-state index < -0.39 is 16.3 Å². The van der Waals surface area contributed by atoms with Gasteiger partial charge in [0.1, 0.15) is 5.75 Å². The van der Waals surface area contributed by atoms with Crippen molar-refractivity contribution in [1.29, 1.82) is 0 Å². The minimum absolute atomic E-state index is 0.00479. The Bertz CT molecular complexity index is 1280. The second kappa shape index (κ2) is 14.8. The number of nitrogens with zero attached hydrogens (tertiary/aromatic N) is 2. The largest absolute Gasteiger partial charge is 0.497 e. The van der Waals surface area contributed by atoms with Crippen LogP contribution in [0.4, 0.5) is 0 Å². The maximum absolute atomic E-state index is 13.2. The Kier molecular flexibility index (Phi) is 11.2. The molecule has 1 fully saturated rings. The second-order valence-corrected chi connectivity index (χ2v) is 12.5. The molecule has 2 aromatic rings. The molecule has 0 unspecified atom stereocenters. The number of ether oxygens (including phenoxy) is 3. The number of methoxy groups -OCH3 is 1. The molecule has 13 heteroatoms. The van der Waals surface area contributed by atoms with Crippen LogP contribution in [-0.2, 0) is 29.1 Å². The molecular weight excluding hydrogens is 570 g/mol. The Morgan fingerprint density at radius 3 is 2.71 bits per heavy atom. The van der Waals surface area contributed by atoms with Gasteiger partial charge in [-0.15, -0.1) is 0 Å². The normalized spacial score (nSPS) is 19.2. The summed E-state index contributed by atoms with van der Waals surface area (Å²) in [4.78, 5) is 26.6. The van der Waals surface area contributed by atoms with E-state index in [9.17, 15) is 23.1 Å². The van der Waals surface area contributed by atoms with E-state index in [1.54, 1.807) is 29.5 Å². The van der Waals surface area contributed by atoms with Crippen LogP contribution in [0.3, 0.4) is 0 Å². The van der Waals surface area contributed by atoms with Crippen molar-refractivity contribution in [2.75, 3.05) is 53.0 Å². The zero-order valence-corrected chi connectivity index (χ0v) is 24.7. The summed E-state index contributed by atoms with van der Waals surface area (Å²) in [6.45, 7) is 1.29. The number of thiophene rings is 1. The van der Waals surface area contributed by atoms with Crippen LogP contribution >= 0.6 is 11.3 Å². The van der Waals surface area contributed by atoms with Gasteiger partial charge in [-0.3, -0.25) is 9.59 Å². The van der Waals surface area contributed by atoms with Gasteiger partial charge in [0.05, 0.1) is 25.2 Å². The zero-order valence-electron chi connectivity index (χ0n) is 23.1. The van der Waals surface area contributed by atoms with Crippen molar-refractivity contribution in [3.63, 3.8) is 0 Å². The van der Waals surface area contributed by atoms with Crippen LogP contribution < -0.4 is 10.1 Å². The van der Waals surface area contributed by atoms with Crippen LogP contribution in [0.15, 0.2) is 57.8 Å². The van der Waals surface area contributed by atoms with E-state index in [1.807, 2.05) is 21.7 Å². The number of nitrogens with one attached hydrogen (secondary N) is 1. The van der Waals surface area contributed by atoms with Gasteiger partial charge in [0.2, 0.25) is 22.2 Å². The maximum atomic E-state index is 13.2. The molecule has 41 heavy (non-hydrogen) atoms. The fourth-order valence-corrected chi connectivity index (χ4v) is 6.92. The standard InChI is InChI=1S/C28H37N3O8S2/c1-37-23-5-7-24(8-6-23)41(35,36)31(13-15-32)14-16-38-27-19-22(21-9-17-40-20-21)18-25(39-27)28(34)29-10-3-12-30-11-2-4-26(30)33/h5-9,17-18,20,22,27,32H,2-4,10-16,19H2,1H3,(H,29,34)/t22-,27+/m1/s1. The number of carbonyl (C=O) groups is 2. The third-order valence-corrected chi connectivity index (χ3v) is 9.62. The van der Waals surface area contributed by atoms with Gasteiger partial charge in [0, 0.05) is 51.5 Å². The lowest BCUT2D eigenvalue weighted by atomic mass is 9.95. The van der Waals surface area contributed by atoms with E-state index in [1.165, 1.54) is 19.2 Å². The summed E-state index contributed by atoms with van der Waals surface area (Å²) in [5.74, 6) is 0.357. The van der Waals surface area contributed by atoms with Crippen molar-refractivity contribution in [3.8, 4) is 5.75 Å². The lowest BCUT2D eigenvalue weighted by Crippen LogP contribution is -2.38. The van der Waals surface area contributed by atoms with Crippen LogP contribution in [-0.4, -0.2) is 93.9 Å². The minimum atomic E-state index is -3.89. The molecule has 0 saturated carbocycles. The second-order valence-electron chi connectivity index (χ2n) is 9.75. The van der Waals surface area contributed by atoms with Crippen LogP contribution in [0.1, 0.15) is 37.2 Å². The monoisotopic (exact) mass is 607 g/mol. The molecule has 2 N–H and O–H groups in total. The number of carbonyl (C=O) groups excluding carboxylic acids is 2. The number of sulfonamides is 1. The molecule has 1 aromatic heterocycles. The topological polar surface area (TPSA) is 135 Å². The molecule has 224 valence electrons. The number of aliphatic hydroxyl groups excluding tert-OH is 1. The van der Waals surface area contributed by atoms with Crippen molar-refractivity contribution < 1.29 is 37.3 Å². The third kappa shape index (κ3) is 8.29. The maximum Gasteiger partial charge on any atom is 0.286 e. The average Bonchev–Trinajstić information content (AvgIpc) is 3.67. The number of hydrogen-bond donors (Lipinski definition) is 2. The van der Waals surface area contributed by atoms with Gasteiger partial charge >= 0.3 is 0 Å². The highest BCUT2D eigenvalue weighted by Crippen LogP contribution is 2.32. The number of hydrogen-bond acceptors (Lipinski definition) is 9. The summed E-state index contributed by atoms with van der Waals surface area (Å²) in [7, 11) is -2.39. The first kappa shape index (κ1) is 31.0. The van der Waals surface area contributed by atoms with Crippen LogP contribution in [0, 0.1) is 0 Å². The smallest absolute Gasteiger partial charge is 0.286 e. The molecule has 1 aromatic carbocycles. The first-order valence-corrected chi connectivity index (χ1v) is 16.0. The van der Waals surface area contributed by atoms with E-state index in [4.69, 9.17) is 14.2 Å². The average molecular weight is 608 g/mol. The van der Waals surface area contributed by atoms with Gasteiger partial charge in [-0.25, -0.2) is 8.42 Å². The van der Waals surface area contributed by atoms with E-state index in [-0.39, 0.29) is 54.7 Å². The van der Waals surface area contributed by atoms with Crippen molar-refractivity contribution in [2.45, 2.75) is 42.8 Å². The van der Waals surface area contributed by atoms with Crippen molar-refractivity contribution in [2.24, 2.45) is 0 Å². The summed E-state index contributed by atoms with van der Waals surface area (Å²) in [5.41, 5.74) is 1.04. The number of benzene rings is 1.